The number of pyridine rings is 1. The summed E-state index contributed by atoms with van der Waals surface area (Å²) in [7, 11) is 0.532. The predicted octanol–water partition coefficient (Wildman–Crippen LogP) is 3.34. The maximum absolute atomic E-state index is 12.7. The van der Waals surface area contributed by atoms with Crippen molar-refractivity contribution >= 4 is 21.9 Å². The monoisotopic (exact) mass is 425 g/mol. The number of hydrogen-bond donors (Lipinski definition) is 2. The third-order valence-electron chi connectivity index (χ3n) is 5.45. The Morgan fingerprint density at radius 2 is 1.80 bits per heavy atom. The van der Waals surface area contributed by atoms with Crippen molar-refractivity contribution in [2.75, 3.05) is 20.2 Å². The van der Waals surface area contributed by atoms with Crippen molar-refractivity contribution in [1.29, 1.82) is 0 Å². The van der Waals surface area contributed by atoms with Gasteiger partial charge in [0.2, 0.25) is 0 Å². The summed E-state index contributed by atoms with van der Waals surface area (Å²) in [4.78, 5) is 16.1. The molecule has 0 amide bonds. The summed E-state index contributed by atoms with van der Waals surface area (Å²) in [5.74, 6) is 0.716. The highest BCUT2D eigenvalue weighted by atomic mass is 32.2. The number of aromatic amines is 1. The largest absolute Gasteiger partial charge is 0.497 e. The summed E-state index contributed by atoms with van der Waals surface area (Å²) in [6.45, 7) is 2.92. The molecule has 1 aliphatic heterocycles. The first-order valence-electron chi connectivity index (χ1n) is 10.3. The molecule has 3 aromatic rings. The first-order valence-corrected chi connectivity index (χ1v) is 11.4. The Morgan fingerprint density at radius 3 is 2.53 bits per heavy atom. The number of rotatable bonds is 7. The van der Waals surface area contributed by atoms with Gasteiger partial charge < -0.3 is 15.0 Å². The topological polar surface area (TPSA) is 74.4 Å². The molecule has 6 nitrogen and oxygen atoms in total. The van der Waals surface area contributed by atoms with E-state index < -0.39 is 11.0 Å². The smallest absolute Gasteiger partial charge is 0.252 e. The third-order valence-corrected chi connectivity index (χ3v) is 6.96. The van der Waals surface area contributed by atoms with Crippen molar-refractivity contribution in [1.82, 2.24) is 14.6 Å². The van der Waals surface area contributed by atoms with Crippen molar-refractivity contribution in [2.24, 2.45) is 0 Å². The molecule has 1 atom stereocenters. The van der Waals surface area contributed by atoms with Crippen LogP contribution in [0, 0.1) is 0 Å². The minimum absolute atomic E-state index is 0.101. The number of fused-ring (bicyclic) bond motifs is 1. The zero-order valence-electron chi connectivity index (χ0n) is 17.1. The second-order valence-corrected chi connectivity index (χ2v) is 9.05. The molecule has 0 radical (unpaired) electrons. The van der Waals surface area contributed by atoms with E-state index in [0.29, 0.717) is 24.4 Å². The Bertz CT molecular complexity index is 1090. The molecule has 2 aromatic carbocycles. The molecule has 1 aliphatic rings. The van der Waals surface area contributed by atoms with Gasteiger partial charge in [0.1, 0.15) is 16.7 Å². The second-order valence-electron chi connectivity index (χ2n) is 7.56. The van der Waals surface area contributed by atoms with E-state index in [1.165, 1.54) is 6.42 Å². The van der Waals surface area contributed by atoms with Crippen LogP contribution < -0.4 is 15.6 Å². The zero-order chi connectivity index (χ0) is 20.9. The molecule has 0 saturated carbocycles. The van der Waals surface area contributed by atoms with Crippen LogP contribution in [-0.2, 0) is 24.1 Å². The molecule has 1 unspecified atom stereocenters. The van der Waals surface area contributed by atoms with Crippen LogP contribution in [0.2, 0.25) is 0 Å². The Hall–Kier alpha value is -2.48. The van der Waals surface area contributed by atoms with Crippen LogP contribution in [0.15, 0.2) is 58.2 Å². The van der Waals surface area contributed by atoms with Gasteiger partial charge in [-0.3, -0.25) is 4.79 Å². The minimum atomic E-state index is -1.07. The van der Waals surface area contributed by atoms with Crippen LogP contribution in [0.1, 0.15) is 30.4 Å². The molecule has 0 bridgehead atoms. The van der Waals surface area contributed by atoms with E-state index in [1.807, 2.05) is 48.5 Å². The molecule has 1 aromatic heterocycles. The van der Waals surface area contributed by atoms with Gasteiger partial charge in [0, 0.05) is 37.8 Å². The Labute approximate surface area is 178 Å². The van der Waals surface area contributed by atoms with E-state index in [4.69, 9.17) is 4.74 Å². The number of hydrogen-bond acceptors (Lipinski definition) is 4. The molecular weight excluding hydrogens is 398 g/mol. The van der Waals surface area contributed by atoms with Gasteiger partial charge in [-0.15, -0.1) is 0 Å². The molecule has 158 valence electrons. The van der Waals surface area contributed by atoms with Gasteiger partial charge in [-0.2, -0.15) is 0 Å². The fourth-order valence-electron chi connectivity index (χ4n) is 3.73. The molecule has 1 fully saturated rings. The molecular formula is C23H27N3O3S. The third kappa shape index (κ3) is 4.80. The van der Waals surface area contributed by atoms with Gasteiger partial charge in [-0.25, -0.2) is 8.51 Å². The molecule has 2 heterocycles. The van der Waals surface area contributed by atoms with Gasteiger partial charge in [0.25, 0.3) is 5.56 Å². The number of nitrogens with zero attached hydrogens (tertiary/aromatic N) is 1. The van der Waals surface area contributed by atoms with E-state index in [2.05, 4.69) is 14.6 Å². The van der Waals surface area contributed by atoms with Crippen molar-refractivity contribution in [2.45, 2.75) is 37.2 Å². The molecule has 0 aliphatic carbocycles. The normalized spacial score (nSPS) is 15.9. The van der Waals surface area contributed by atoms with Gasteiger partial charge in [0.15, 0.2) is 0 Å². The van der Waals surface area contributed by atoms with E-state index in [9.17, 15) is 9.00 Å². The summed E-state index contributed by atoms with van der Waals surface area (Å²) in [5.41, 5.74) is 2.45. The number of H-pyrrole nitrogens is 1. The van der Waals surface area contributed by atoms with Gasteiger partial charge in [-0.1, -0.05) is 18.6 Å². The number of nitrogens with one attached hydrogen (secondary N) is 2. The zero-order valence-corrected chi connectivity index (χ0v) is 18.0. The van der Waals surface area contributed by atoms with E-state index in [0.717, 1.165) is 47.3 Å². The van der Waals surface area contributed by atoms with Crippen molar-refractivity contribution in [3.63, 3.8) is 0 Å². The standard InChI is InChI=1S/C23H27N3O3S/c1-29-20-8-7-18-13-19(23(27)25-22(18)14-20)16-24-15-17-5-9-21(10-6-17)30(28)26-11-3-2-4-12-26/h5-10,13-14,24H,2-4,11-12,15-16H2,1H3,(H,25,27). The lowest BCUT2D eigenvalue weighted by molar-refractivity contribution is 0.365. The number of benzene rings is 2. The average molecular weight is 426 g/mol. The summed E-state index contributed by atoms with van der Waals surface area (Å²) in [6, 6.07) is 15.4. The quantitative estimate of drug-likeness (QED) is 0.609. The highest BCUT2D eigenvalue weighted by Gasteiger charge is 2.17. The summed E-state index contributed by atoms with van der Waals surface area (Å²) in [5, 5.41) is 4.30. The molecule has 0 spiro atoms. The Balaban J connectivity index is 1.36. The summed E-state index contributed by atoms with van der Waals surface area (Å²) in [6.07, 6.45) is 3.47. The number of methoxy groups -OCH3 is 1. The number of ether oxygens (including phenoxy) is 1. The van der Waals surface area contributed by atoms with Crippen LogP contribution in [-0.4, -0.2) is 33.7 Å². The Kier molecular flexibility index (Phi) is 6.62. The number of aromatic nitrogens is 1. The van der Waals surface area contributed by atoms with Gasteiger partial charge >= 0.3 is 0 Å². The molecule has 2 N–H and O–H groups in total. The van der Waals surface area contributed by atoms with Crippen LogP contribution >= 0.6 is 0 Å². The van der Waals surface area contributed by atoms with E-state index >= 15 is 0 Å². The van der Waals surface area contributed by atoms with Crippen molar-refractivity contribution in [3.8, 4) is 5.75 Å². The molecule has 4 rings (SSSR count). The van der Waals surface area contributed by atoms with Crippen LogP contribution in [0.4, 0.5) is 0 Å². The average Bonchev–Trinajstić information content (AvgIpc) is 2.79. The fraction of sp³-hybridized carbons (Fsp3) is 0.348. The second kappa shape index (κ2) is 9.55. The van der Waals surface area contributed by atoms with Crippen LogP contribution in [0.5, 0.6) is 5.75 Å². The first-order chi connectivity index (χ1) is 14.6. The maximum atomic E-state index is 12.7. The van der Waals surface area contributed by atoms with Gasteiger partial charge in [0.05, 0.1) is 17.5 Å². The predicted molar refractivity (Wildman–Crippen MR) is 120 cm³/mol. The van der Waals surface area contributed by atoms with Crippen molar-refractivity contribution in [3.05, 3.63) is 70.0 Å². The van der Waals surface area contributed by atoms with Crippen LogP contribution in [0.25, 0.3) is 10.9 Å². The van der Waals surface area contributed by atoms with Crippen molar-refractivity contribution < 1.29 is 8.95 Å². The SMILES string of the molecule is COc1ccc2cc(CNCc3ccc(S(=O)N4CCCCC4)cc3)c(=O)[nH]c2c1. The molecule has 30 heavy (non-hydrogen) atoms. The summed E-state index contributed by atoms with van der Waals surface area (Å²) >= 11 is 0. The highest BCUT2D eigenvalue weighted by Crippen LogP contribution is 2.19. The minimum Gasteiger partial charge on any atom is -0.497 e. The Morgan fingerprint density at radius 1 is 1.03 bits per heavy atom. The first kappa shape index (κ1) is 20.8. The lowest BCUT2D eigenvalue weighted by Gasteiger charge is -2.25. The maximum Gasteiger partial charge on any atom is 0.252 e. The number of piperidine rings is 1. The highest BCUT2D eigenvalue weighted by molar-refractivity contribution is 7.82. The molecule has 1 saturated heterocycles. The lowest BCUT2D eigenvalue weighted by Crippen LogP contribution is -2.31. The fourth-order valence-corrected chi connectivity index (χ4v) is 4.99. The van der Waals surface area contributed by atoms with E-state index in [-0.39, 0.29) is 5.56 Å². The van der Waals surface area contributed by atoms with Gasteiger partial charge in [-0.05, 0) is 54.1 Å². The van der Waals surface area contributed by atoms with Crippen LogP contribution in [0.3, 0.4) is 0 Å². The van der Waals surface area contributed by atoms with E-state index in [1.54, 1.807) is 7.11 Å². The summed E-state index contributed by atoms with van der Waals surface area (Å²) < 4.78 is 19.9. The lowest BCUT2D eigenvalue weighted by atomic mass is 10.1. The molecule has 7 heteroatoms.